The SMILES string of the molecule is Cc1ccc(OC2CCN(C(=O)COc3ccccc3C)CC2)cn1. The molecule has 1 saturated heterocycles. The van der Waals surface area contributed by atoms with Gasteiger partial charge in [-0.3, -0.25) is 9.78 Å². The summed E-state index contributed by atoms with van der Waals surface area (Å²) in [5, 5.41) is 0. The molecule has 132 valence electrons. The summed E-state index contributed by atoms with van der Waals surface area (Å²) in [6.07, 6.45) is 3.53. The van der Waals surface area contributed by atoms with Crippen LogP contribution in [0, 0.1) is 13.8 Å². The Morgan fingerprint density at radius 3 is 2.60 bits per heavy atom. The van der Waals surface area contributed by atoms with Crippen molar-refractivity contribution in [2.75, 3.05) is 19.7 Å². The van der Waals surface area contributed by atoms with Gasteiger partial charge in [-0.1, -0.05) is 18.2 Å². The maximum absolute atomic E-state index is 12.3. The molecule has 25 heavy (non-hydrogen) atoms. The molecule has 1 amide bonds. The minimum Gasteiger partial charge on any atom is -0.489 e. The molecule has 1 fully saturated rings. The molecule has 1 aliphatic heterocycles. The van der Waals surface area contributed by atoms with E-state index < -0.39 is 0 Å². The van der Waals surface area contributed by atoms with E-state index in [1.165, 1.54) is 0 Å². The monoisotopic (exact) mass is 340 g/mol. The normalized spacial score (nSPS) is 15.0. The van der Waals surface area contributed by atoms with E-state index in [1.807, 2.05) is 55.1 Å². The lowest BCUT2D eigenvalue weighted by Crippen LogP contribution is -2.43. The van der Waals surface area contributed by atoms with Gasteiger partial charge in [-0.15, -0.1) is 0 Å². The van der Waals surface area contributed by atoms with Crippen molar-refractivity contribution in [3.8, 4) is 11.5 Å². The third kappa shape index (κ3) is 4.72. The van der Waals surface area contributed by atoms with Gasteiger partial charge in [0.25, 0.3) is 5.91 Å². The Balaban J connectivity index is 1.44. The number of piperidine rings is 1. The maximum atomic E-state index is 12.3. The molecule has 0 N–H and O–H groups in total. The van der Waals surface area contributed by atoms with E-state index in [2.05, 4.69) is 4.98 Å². The third-order valence-electron chi connectivity index (χ3n) is 4.43. The number of carbonyl (C=O) groups is 1. The van der Waals surface area contributed by atoms with Crippen LogP contribution in [-0.2, 0) is 4.79 Å². The topological polar surface area (TPSA) is 51.7 Å². The van der Waals surface area contributed by atoms with Crippen LogP contribution >= 0.6 is 0 Å². The van der Waals surface area contributed by atoms with E-state index in [-0.39, 0.29) is 18.6 Å². The molecule has 5 heteroatoms. The third-order valence-corrected chi connectivity index (χ3v) is 4.43. The average Bonchev–Trinajstić information content (AvgIpc) is 2.63. The van der Waals surface area contributed by atoms with Crippen molar-refractivity contribution in [1.29, 1.82) is 0 Å². The fourth-order valence-corrected chi connectivity index (χ4v) is 2.89. The Bertz CT molecular complexity index is 707. The molecule has 5 nitrogen and oxygen atoms in total. The van der Waals surface area contributed by atoms with Gasteiger partial charge in [0.15, 0.2) is 6.61 Å². The Hall–Kier alpha value is -2.56. The molecule has 1 aliphatic rings. The summed E-state index contributed by atoms with van der Waals surface area (Å²) in [5.41, 5.74) is 2.01. The Morgan fingerprint density at radius 2 is 1.92 bits per heavy atom. The summed E-state index contributed by atoms with van der Waals surface area (Å²) in [6, 6.07) is 11.6. The number of likely N-dealkylation sites (tertiary alicyclic amines) is 1. The lowest BCUT2D eigenvalue weighted by Gasteiger charge is -2.32. The van der Waals surface area contributed by atoms with Crippen LogP contribution in [0.2, 0.25) is 0 Å². The second kappa shape index (κ2) is 8.01. The maximum Gasteiger partial charge on any atom is 0.260 e. The molecule has 0 radical (unpaired) electrons. The van der Waals surface area contributed by atoms with Crippen LogP contribution in [0.25, 0.3) is 0 Å². The number of rotatable bonds is 5. The van der Waals surface area contributed by atoms with Crippen LogP contribution in [-0.4, -0.2) is 41.6 Å². The summed E-state index contributed by atoms with van der Waals surface area (Å²) in [5.74, 6) is 1.58. The number of hydrogen-bond acceptors (Lipinski definition) is 4. The molecular weight excluding hydrogens is 316 g/mol. The lowest BCUT2D eigenvalue weighted by atomic mass is 10.1. The van der Waals surface area contributed by atoms with Gasteiger partial charge in [0, 0.05) is 31.6 Å². The van der Waals surface area contributed by atoms with Crippen molar-refractivity contribution < 1.29 is 14.3 Å². The molecule has 0 saturated carbocycles. The number of aromatic nitrogens is 1. The lowest BCUT2D eigenvalue weighted by molar-refractivity contribution is -0.135. The van der Waals surface area contributed by atoms with Gasteiger partial charge in [-0.05, 0) is 37.6 Å². The van der Waals surface area contributed by atoms with Gasteiger partial charge in [0.2, 0.25) is 0 Å². The zero-order chi connectivity index (χ0) is 17.6. The number of aryl methyl sites for hydroxylation is 2. The van der Waals surface area contributed by atoms with Gasteiger partial charge < -0.3 is 14.4 Å². The Morgan fingerprint density at radius 1 is 1.16 bits per heavy atom. The fourth-order valence-electron chi connectivity index (χ4n) is 2.89. The predicted molar refractivity (Wildman–Crippen MR) is 95.9 cm³/mol. The minimum atomic E-state index is 0.0266. The average molecular weight is 340 g/mol. The van der Waals surface area contributed by atoms with Gasteiger partial charge >= 0.3 is 0 Å². The highest BCUT2D eigenvalue weighted by atomic mass is 16.5. The first-order valence-electron chi connectivity index (χ1n) is 8.67. The molecule has 0 aliphatic carbocycles. The highest BCUT2D eigenvalue weighted by Crippen LogP contribution is 2.19. The zero-order valence-corrected chi connectivity index (χ0v) is 14.8. The second-order valence-electron chi connectivity index (χ2n) is 6.39. The van der Waals surface area contributed by atoms with E-state index in [9.17, 15) is 4.79 Å². The first kappa shape index (κ1) is 17.3. The number of ether oxygens (including phenoxy) is 2. The molecule has 2 heterocycles. The predicted octanol–water partition coefficient (Wildman–Crippen LogP) is 3.15. The van der Waals surface area contributed by atoms with E-state index in [4.69, 9.17) is 9.47 Å². The number of amides is 1. The summed E-state index contributed by atoms with van der Waals surface area (Å²) in [7, 11) is 0. The molecule has 0 unspecified atom stereocenters. The molecule has 0 atom stereocenters. The number of para-hydroxylation sites is 1. The number of hydrogen-bond donors (Lipinski definition) is 0. The summed E-state index contributed by atoms with van der Waals surface area (Å²) < 4.78 is 11.6. The summed E-state index contributed by atoms with van der Waals surface area (Å²) >= 11 is 0. The standard InChI is InChI=1S/C20H24N2O3/c1-15-5-3-4-6-19(15)24-14-20(23)22-11-9-17(10-12-22)25-18-8-7-16(2)21-13-18/h3-8,13,17H,9-12,14H2,1-2H3. The van der Waals surface area contributed by atoms with Gasteiger partial charge in [0.05, 0.1) is 6.20 Å². The van der Waals surface area contributed by atoms with Crippen molar-refractivity contribution in [1.82, 2.24) is 9.88 Å². The van der Waals surface area contributed by atoms with Gasteiger partial charge in [-0.25, -0.2) is 0 Å². The van der Waals surface area contributed by atoms with Crippen LogP contribution in [0.1, 0.15) is 24.1 Å². The molecule has 1 aromatic heterocycles. The van der Waals surface area contributed by atoms with Crippen LogP contribution in [0.5, 0.6) is 11.5 Å². The molecule has 1 aromatic carbocycles. The van der Waals surface area contributed by atoms with Gasteiger partial charge in [0.1, 0.15) is 17.6 Å². The zero-order valence-electron chi connectivity index (χ0n) is 14.8. The van der Waals surface area contributed by atoms with E-state index >= 15 is 0 Å². The molecule has 2 aromatic rings. The van der Waals surface area contributed by atoms with Crippen LogP contribution in [0.15, 0.2) is 42.6 Å². The van der Waals surface area contributed by atoms with Crippen molar-refractivity contribution in [2.24, 2.45) is 0 Å². The van der Waals surface area contributed by atoms with Crippen LogP contribution < -0.4 is 9.47 Å². The molecular formula is C20H24N2O3. The van der Waals surface area contributed by atoms with Crippen molar-refractivity contribution in [3.05, 3.63) is 53.9 Å². The van der Waals surface area contributed by atoms with E-state index in [0.29, 0.717) is 13.1 Å². The first-order chi connectivity index (χ1) is 12.1. The Kier molecular flexibility index (Phi) is 5.53. The number of nitrogens with zero attached hydrogens (tertiary/aromatic N) is 2. The van der Waals surface area contributed by atoms with Crippen molar-refractivity contribution in [2.45, 2.75) is 32.8 Å². The molecule has 0 bridgehead atoms. The quantitative estimate of drug-likeness (QED) is 0.839. The van der Waals surface area contributed by atoms with Crippen molar-refractivity contribution >= 4 is 5.91 Å². The second-order valence-corrected chi connectivity index (χ2v) is 6.39. The number of pyridine rings is 1. The van der Waals surface area contributed by atoms with Crippen molar-refractivity contribution in [3.63, 3.8) is 0 Å². The number of benzene rings is 1. The van der Waals surface area contributed by atoms with Gasteiger partial charge in [-0.2, -0.15) is 0 Å². The smallest absolute Gasteiger partial charge is 0.260 e. The highest BCUT2D eigenvalue weighted by molar-refractivity contribution is 5.77. The molecule has 0 spiro atoms. The summed E-state index contributed by atoms with van der Waals surface area (Å²) in [6.45, 7) is 5.40. The van der Waals surface area contributed by atoms with E-state index in [0.717, 1.165) is 35.6 Å². The largest absolute Gasteiger partial charge is 0.489 e. The Labute approximate surface area is 148 Å². The summed E-state index contributed by atoms with van der Waals surface area (Å²) in [4.78, 5) is 18.4. The van der Waals surface area contributed by atoms with Crippen LogP contribution in [0.4, 0.5) is 0 Å². The molecule has 3 rings (SSSR count). The minimum absolute atomic E-state index is 0.0266. The number of carbonyl (C=O) groups excluding carboxylic acids is 1. The highest BCUT2D eigenvalue weighted by Gasteiger charge is 2.24. The fraction of sp³-hybridized carbons (Fsp3) is 0.400. The van der Waals surface area contributed by atoms with E-state index in [1.54, 1.807) is 6.20 Å². The first-order valence-corrected chi connectivity index (χ1v) is 8.67. The van der Waals surface area contributed by atoms with Crippen LogP contribution in [0.3, 0.4) is 0 Å².